The number of anilines is 1. The number of ketones is 1. The maximum Gasteiger partial charge on any atom is 0.417 e. The van der Waals surface area contributed by atoms with E-state index in [1.165, 1.54) is 18.5 Å². The predicted octanol–water partition coefficient (Wildman–Crippen LogP) is 5.35. The molecular formula is C24H20ClF3N4O3. The lowest BCUT2D eigenvalue weighted by molar-refractivity contribution is -0.137. The summed E-state index contributed by atoms with van der Waals surface area (Å²) in [4.78, 5) is 36.8. The minimum absolute atomic E-state index is 0.0300. The van der Waals surface area contributed by atoms with Crippen LogP contribution >= 0.6 is 11.6 Å². The molecule has 4 rings (SSSR count). The van der Waals surface area contributed by atoms with Crippen molar-refractivity contribution in [1.29, 1.82) is 0 Å². The molecule has 0 aliphatic heterocycles. The Balaban J connectivity index is 1.39. The number of rotatable bonds is 8. The van der Waals surface area contributed by atoms with Gasteiger partial charge in [0.2, 0.25) is 11.8 Å². The van der Waals surface area contributed by atoms with E-state index in [-0.39, 0.29) is 41.9 Å². The molecule has 1 N–H and O–H groups in total. The zero-order valence-electron chi connectivity index (χ0n) is 18.5. The van der Waals surface area contributed by atoms with E-state index in [1.54, 1.807) is 19.1 Å². The second kappa shape index (κ2) is 9.99. The third-order valence-electron chi connectivity index (χ3n) is 5.27. The summed E-state index contributed by atoms with van der Waals surface area (Å²) >= 11 is 5.63. The van der Waals surface area contributed by atoms with Gasteiger partial charge in [-0.05, 0) is 49.6 Å². The van der Waals surface area contributed by atoms with Gasteiger partial charge in [-0.3, -0.25) is 14.6 Å². The topological polar surface area (TPSA) is 94.1 Å². The average molecular weight is 505 g/mol. The maximum absolute atomic E-state index is 13.0. The molecule has 1 aliphatic carbocycles. The largest absolute Gasteiger partial charge is 0.437 e. The number of nitrogens with zero attached hydrogens (tertiary/aromatic N) is 3. The fourth-order valence-electron chi connectivity index (χ4n) is 3.35. The van der Waals surface area contributed by atoms with Crippen LogP contribution in [0.25, 0.3) is 0 Å². The molecule has 1 aromatic carbocycles. The van der Waals surface area contributed by atoms with Crippen LogP contribution in [0.4, 0.5) is 19.0 Å². The normalized spacial score (nSPS) is 13.4. The van der Waals surface area contributed by atoms with Crippen molar-refractivity contribution in [2.24, 2.45) is 5.92 Å². The molecule has 2 aromatic heterocycles. The number of pyridine rings is 1. The highest BCUT2D eigenvalue weighted by Gasteiger charge is 2.33. The Bertz CT molecular complexity index is 1280. The second-order valence-electron chi connectivity index (χ2n) is 8.20. The maximum atomic E-state index is 13.0. The zero-order chi connectivity index (χ0) is 25.2. The Kier molecular flexibility index (Phi) is 7.02. The minimum Gasteiger partial charge on any atom is -0.437 e. The predicted molar refractivity (Wildman–Crippen MR) is 121 cm³/mol. The summed E-state index contributed by atoms with van der Waals surface area (Å²) in [6.07, 6.45) is -1.83. The number of hydrogen-bond donors (Lipinski definition) is 1. The van der Waals surface area contributed by atoms with Gasteiger partial charge < -0.3 is 10.1 Å². The number of carbonyl (C=O) groups excluding carboxylic acids is 2. The van der Waals surface area contributed by atoms with Crippen molar-refractivity contribution in [3.05, 3.63) is 70.3 Å². The van der Waals surface area contributed by atoms with E-state index in [0.717, 1.165) is 25.0 Å². The van der Waals surface area contributed by atoms with Crippen LogP contribution in [0.3, 0.4) is 0 Å². The Morgan fingerprint density at radius 2 is 1.89 bits per heavy atom. The molecule has 35 heavy (non-hydrogen) atoms. The summed E-state index contributed by atoms with van der Waals surface area (Å²) in [5, 5.41) is 2.30. The molecular weight excluding hydrogens is 485 g/mol. The first kappa shape index (κ1) is 24.6. The molecule has 1 aliphatic rings. The molecule has 0 saturated heterocycles. The third-order valence-corrected chi connectivity index (χ3v) is 5.60. The van der Waals surface area contributed by atoms with E-state index in [2.05, 4.69) is 20.3 Å². The zero-order valence-corrected chi connectivity index (χ0v) is 19.3. The van der Waals surface area contributed by atoms with Crippen molar-refractivity contribution in [2.75, 3.05) is 5.32 Å². The highest BCUT2D eigenvalue weighted by atomic mass is 35.5. The number of aryl methyl sites for hydroxylation is 1. The molecule has 0 radical (unpaired) electrons. The Labute approximate surface area is 203 Å². The Morgan fingerprint density at radius 1 is 1.11 bits per heavy atom. The molecule has 1 fully saturated rings. The van der Waals surface area contributed by atoms with Gasteiger partial charge in [-0.1, -0.05) is 17.7 Å². The van der Waals surface area contributed by atoms with Crippen molar-refractivity contribution in [3.8, 4) is 11.6 Å². The van der Waals surface area contributed by atoms with Crippen molar-refractivity contribution >= 4 is 29.1 Å². The van der Waals surface area contributed by atoms with Gasteiger partial charge in [0, 0.05) is 30.5 Å². The lowest BCUT2D eigenvalue weighted by Crippen LogP contribution is -2.14. The molecule has 2 heterocycles. The number of alkyl halides is 3. The number of nitrogens with one attached hydrogen (secondary N) is 1. The van der Waals surface area contributed by atoms with Crippen LogP contribution in [-0.2, 0) is 28.6 Å². The highest BCUT2D eigenvalue weighted by Crippen LogP contribution is 2.35. The van der Waals surface area contributed by atoms with Gasteiger partial charge in [0.05, 0.1) is 16.3 Å². The number of ether oxygens (including phenoxy) is 1. The minimum atomic E-state index is -4.60. The van der Waals surface area contributed by atoms with Gasteiger partial charge in [0.25, 0.3) is 0 Å². The van der Waals surface area contributed by atoms with Crippen LogP contribution in [0.1, 0.15) is 35.4 Å². The molecule has 0 atom stereocenters. The van der Waals surface area contributed by atoms with Gasteiger partial charge in [0.15, 0.2) is 5.75 Å². The molecule has 11 heteroatoms. The SMILES string of the molecule is Cc1nc(CC(=O)Cc2ccc(Cl)c(C(F)(F)F)c2)ccc1Oc1cc(NC(=O)C2CC2)ncn1. The van der Waals surface area contributed by atoms with E-state index in [4.69, 9.17) is 16.3 Å². The molecule has 182 valence electrons. The van der Waals surface area contributed by atoms with Crippen molar-refractivity contribution in [2.45, 2.75) is 38.8 Å². The highest BCUT2D eigenvalue weighted by molar-refractivity contribution is 6.31. The summed E-state index contributed by atoms with van der Waals surface area (Å²) in [6.45, 7) is 1.69. The lowest BCUT2D eigenvalue weighted by Gasteiger charge is -2.11. The van der Waals surface area contributed by atoms with Gasteiger partial charge >= 0.3 is 6.18 Å². The average Bonchev–Trinajstić information content (AvgIpc) is 3.62. The Morgan fingerprint density at radius 3 is 2.57 bits per heavy atom. The molecule has 7 nitrogen and oxygen atoms in total. The number of halogens is 4. The van der Waals surface area contributed by atoms with Crippen molar-refractivity contribution < 1.29 is 27.5 Å². The van der Waals surface area contributed by atoms with Crippen LogP contribution in [0.5, 0.6) is 11.6 Å². The lowest BCUT2D eigenvalue weighted by atomic mass is 10.0. The molecule has 3 aromatic rings. The summed E-state index contributed by atoms with van der Waals surface area (Å²) in [7, 11) is 0. The third kappa shape index (κ3) is 6.54. The van der Waals surface area contributed by atoms with Crippen LogP contribution in [0.2, 0.25) is 5.02 Å². The summed E-state index contributed by atoms with van der Waals surface area (Å²) in [5.41, 5.74) is 0.185. The quantitative estimate of drug-likeness (QED) is 0.444. The van der Waals surface area contributed by atoms with Gasteiger partial charge in [0.1, 0.15) is 17.9 Å². The van der Waals surface area contributed by atoms with E-state index >= 15 is 0 Å². The van der Waals surface area contributed by atoms with E-state index < -0.39 is 16.8 Å². The van der Waals surface area contributed by atoms with Crippen LogP contribution in [-0.4, -0.2) is 26.6 Å². The first-order chi connectivity index (χ1) is 16.6. The number of aromatic nitrogens is 3. The van der Waals surface area contributed by atoms with E-state index in [9.17, 15) is 22.8 Å². The second-order valence-corrected chi connectivity index (χ2v) is 8.60. The van der Waals surface area contributed by atoms with E-state index in [1.807, 2.05) is 0 Å². The standard InChI is InChI=1S/C24H20ClF3N4O3/c1-13-20(35-22-11-21(29-12-30-22)32-23(34)15-3-4-15)7-5-16(31-13)10-17(33)8-14-2-6-19(25)18(9-14)24(26,27)28/h2,5-7,9,11-12,15H,3-4,8,10H2,1H3,(H,29,30,32,34). The molecule has 0 spiro atoms. The summed E-state index contributed by atoms with van der Waals surface area (Å²) in [5.74, 6) is 0.579. The number of carbonyl (C=O) groups is 2. The first-order valence-electron chi connectivity index (χ1n) is 10.7. The van der Waals surface area contributed by atoms with Gasteiger partial charge in [-0.15, -0.1) is 0 Å². The number of Topliss-reactive ketones (excluding diaryl/α,β-unsaturated/α-hetero) is 1. The van der Waals surface area contributed by atoms with Crippen molar-refractivity contribution in [1.82, 2.24) is 15.0 Å². The fourth-order valence-corrected chi connectivity index (χ4v) is 3.57. The van der Waals surface area contributed by atoms with E-state index in [0.29, 0.717) is 23.0 Å². The molecule has 0 bridgehead atoms. The number of benzene rings is 1. The van der Waals surface area contributed by atoms with Crippen LogP contribution in [0.15, 0.2) is 42.7 Å². The summed E-state index contributed by atoms with van der Waals surface area (Å²) < 4.78 is 44.9. The molecule has 1 saturated carbocycles. The summed E-state index contributed by atoms with van der Waals surface area (Å²) in [6, 6.07) is 8.14. The Hall–Kier alpha value is -3.53. The van der Waals surface area contributed by atoms with Crippen LogP contribution < -0.4 is 10.1 Å². The number of amides is 1. The van der Waals surface area contributed by atoms with Gasteiger partial charge in [-0.25, -0.2) is 9.97 Å². The first-order valence-corrected chi connectivity index (χ1v) is 11.1. The fraction of sp³-hybridized carbons (Fsp3) is 0.292. The smallest absolute Gasteiger partial charge is 0.417 e. The van der Waals surface area contributed by atoms with Crippen LogP contribution in [0, 0.1) is 12.8 Å². The number of hydrogen-bond acceptors (Lipinski definition) is 6. The monoisotopic (exact) mass is 504 g/mol. The van der Waals surface area contributed by atoms with Crippen molar-refractivity contribution in [3.63, 3.8) is 0 Å². The molecule has 0 unspecified atom stereocenters. The van der Waals surface area contributed by atoms with Gasteiger partial charge in [-0.2, -0.15) is 13.2 Å². The molecule has 1 amide bonds.